The predicted octanol–water partition coefficient (Wildman–Crippen LogP) is 2.36. The van der Waals surface area contributed by atoms with Gasteiger partial charge in [0.1, 0.15) is 5.82 Å². The summed E-state index contributed by atoms with van der Waals surface area (Å²) in [5.41, 5.74) is 0.660. The summed E-state index contributed by atoms with van der Waals surface area (Å²) in [7, 11) is 0. The number of pyridine rings is 1. The number of urea groups is 1. The van der Waals surface area contributed by atoms with Crippen LogP contribution in [0.25, 0.3) is 0 Å². The monoisotopic (exact) mass is 417 g/mol. The number of anilines is 2. The molecule has 2 heterocycles. The standard InChI is InChI=1S/C18H20BrN5O2/c19-13-4-6-14(7-5-13)23-18(26)21-11-17(25)22-15-8-10-24(12-15)16-3-1-2-9-20-16/h1-7,9,15H,8,10-12H2,(H,22,25)(H2,21,23,26). The molecule has 1 aromatic heterocycles. The maximum absolute atomic E-state index is 12.0. The Labute approximate surface area is 160 Å². The summed E-state index contributed by atoms with van der Waals surface area (Å²) in [6.45, 7) is 1.50. The van der Waals surface area contributed by atoms with E-state index in [0.717, 1.165) is 23.3 Å². The number of hydrogen-bond donors (Lipinski definition) is 3. The highest BCUT2D eigenvalue weighted by Crippen LogP contribution is 2.17. The molecule has 3 rings (SSSR count). The van der Waals surface area contributed by atoms with Crippen LogP contribution < -0.4 is 20.9 Å². The summed E-state index contributed by atoms with van der Waals surface area (Å²) in [5, 5.41) is 8.19. The maximum Gasteiger partial charge on any atom is 0.319 e. The number of nitrogens with zero attached hydrogens (tertiary/aromatic N) is 2. The smallest absolute Gasteiger partial charge is 0.319 e. The van der Waals surface area contributed by atoms with E-state index in [4.69, 9.17) is 0 Å². The van der Waals surface area contributed by atoms with Crippen molar-refractivity contribution in [3.63, 3.8) is 0 Å². The molecule has 1 fully saturated rings. The fraction of sp³-hybridized carbons (Fsp3) is 0.278. The third-order valence-corrected chi connectivity index (χ3v) is 4.57. The molecule has 1 atom stereocenters. The highest BCUT2D eigenvalue weighted by atomic mass is 79.9. The number of rotatable bonds is 5. The maximum atomic E-state index is 12.0. The molecular formula is C18H20BrN5O2. The summed E-state index contributed by atoms with van der Waals surface area (Å²) in [6.07, 6.45) is 2.61. The Morgan fingerprint density at radius 3 is 2.73 bits per heavy atom. The van der Waals surface area contributed by atoms with Gasteiger partial charge in [-0.1, -0.05) is 22.0 Å². The van der Waals surface area contributed by atoms with Gasteiger partial charge in [-0.15, -0.1) is 0 Å². The van der Waals surface area contributed by atoms with Gasteiger partial charge in [-0.05, 0) is 42.8 Å². The molecule has 7 nitrogen and oxygen atoms in total. The fourth-order valence-corrected chi connectivity index (χ4v) is 3.04. The van der Waals surface area contributed by atoms with Crippen molar-refractivity contribution in [1.82, 2.24) is 15.6 Å². The SMILES string of the molecule is O=C(CNC(=O)Nc1ccc(Br)cc1)NC1CCN(c2ccccn2)C1. The van der Waals surface area contributed by atoms with Gasteiger partial charge in [-0.3, -0.25) is 4.79 Å². The molecule has 1 unspecified atom stereocenters. The largest absolute Gasteiger partial charge is 0.354 e. The number of benzene rings is 1. The lowest BCUT2D eigenvalue weighted by atomic mass is 10.2. The van der Waals surface area contributed by atoms with E-state index in [-0.39, 0.29) is 18.5 Å². The van der Waals surface area contributed by atoms with E-state index in [0.29, 0.717) is 12.2 Å². The van der Waals surface area contributed by atoms with Crippen LogP contribution in [0, 0.1) is 0 Å². The van der Waals surface area contributed by atoms with E-state index >= 15 is 0 Å². The van der Waals surface area contributed by atoms with E-state index in [2.05, 4.69) is 41.8 Å². The van der Waals surface area contributed by atoms with Gasteiger partial charge in [0.15, 0.2) is 0 Å². The number of aromatic nitrogens is 1. The molecular weight excluding hydrogens is 398 g/mol. The molecule has 3 amide bonds. The number of carbonyl (C=O) groups is 2. The van der Waals surface area contributed by atoms with Crippen LogP contribution in [-0.2, 0) is 4.79 Å². The van der Waals surface area contributed by atoms with Crippen LogP contribution in [0.3, 0.4) is 0 Å². The molecule has 0 bridgehead atoms. The van der Waals surface area contributed by atoms with E-state index < -0.39 is 6.03 Å². The van der Waals surface area contributed by atoms with Crippen molar-refractivity contribution in [2.45, 2.75) is 12.5 Å². The zero-order valence-electron chi connectivity index (χ0n) is 14.1. The van der Waals surface area contributed by atoms with Crippen LogP contribution in [0.15, 0.2) is 53.1 Å². The van der Waals surface area contributed by atoms with E-state index in [9.17, 15) is 9.59 Å². The van der Waals surface area contributed by atoms with Gasteiger partial charge in [-0.25, -0.2) is 9.78 Å². The summed E-state index contributed by atoms with van der Waals surface area (Å²) < 4.78 is 0.930. The van der Waals surface area contributed by atoms with Gasteiger partial charge in [0, 0.05) is 35.5 Å². The Kier molecular flexibility index (Phi) is 6.06. The van der Waals surface area contributed by atoms with Crippen LogP contribution in [0.4, 0.5) is 16.3 Å². The minimum Gasteiger partial charge on any atom is -0.354 e. The van der Waals surface area contributed by atoms with Crippen molar-refractivity contribution < 1.29 is 9.59 Å². The first-order valence-corrected chi connectivity index (χ1v) is 9.15. The number of carbonyl (C=O) groups excluding carboxylic acids is 2. The van der Waals surface area contributed by atoms with Crippen molar-refractivity contribution in [2.75, 3.05) is 29.9 Å². The number of amides is 3. The van der Waals surface area contributed by atoms with Gasteiger partial charge in [0.25, 0.3) is 0 Å². The van der Waals surface area contributed by atoms with E-state index in [1.807, 2.05) is 30.3 Å². The van der Waals surface area contributed by atoms with Gasteiger partial charge >= 0.3 is 6.03 Å². The molecule has 1 aliphatic heterocycles. The predicted molar refractivity (Wildman–Crippen MR) is 104 cm³/mol. The molecule has 0 aliphatic carbocycles. The minimum atomic E-state index is -0.413. The van der Waals surface area contributed by atoms with Crippen molar-refractivity contribution in [3.8, 4) is 0 Å². The summed E-state index contributed by atoms with van der Waals surface area (Å²) >= 11 is 3.33. The average molecular weight is 418 g/mol. The number of halogens is 1. The molecule has 1 aromatic carbocycles. The lowest BCUT2D eigenvalue weighted by Crippen LogP contribution is -2.44. The summed E-state index contributed by atoms with van der Waals surface area (Å²) in [4.78, 5) is 30.4. The Bertz CT molecular complexity index is 754. The highest BCUT2D eigenvalue weighted by molar-refractivity contribution is 9.10. The fourth-order valence-electron chi connectivity index (χ4n) is 2.77. The number of hydrogen-bond acceptors (Lipinski definition) is 4. The lowest BCUT2D eigenvalue weighted by Gasteiger charge is -2.17. The number of nitrogens with one attached hydrogen (secondary N) is 3. The van der Waals surface area contributed by atoms with Crippen LogP contribution in [-0.4, -0.2) is 42.6 Å². The first-order chi connectivity index (χ1) is 12.6. The second kappa shape index (κ2) is 8.66. The third kappa shape index (κ3) is 5.19. The van der Waals surface area contributed by atoms with Gasteiger partial charge < -0.3 is 20.9 Å². The van der Waals surface area contributed by atoms with Crippen LogP contribution >= 0.6 is 15.9 Å². The molecule has 0 saturated carbocycles. The Morgan fingerprint density at radius 1 is 1.19 bits per heavy atom. The minimum absolute atomic E-state index is 0.0563. The highest BCUT2D eigenvalue weighted by Gasteiger charge is 2.24. The van der Waals surface area contributed by atoms with Crippen molar-refractivity contribution in [3.05, 3.63) is 53.1 Å². The molecule has 2 aromatic rings. The molecule has 8 heteroatoms. The van der Waals surface area contributed by atoms with Gasteiger partial charge in [0.05, 0.1) is 6.54 Å². The molecule has 0 radical (unpaired) electrons. The van der Waals surface area contributed by atoms with Crippen molar-refractivity contribution >= 4 is 39.4 Å². The zero-order chi connectivity index (χ0) is 18.4. The molecule has 1 aliphatic rings. The normalized spacial score (nSPS) is 16.2. The summed E-state index contributed by atoms with van der Waals surface area (Å²) in [6, 6.07) is 12.6. The molecule has 26 heavy (non-hydrogen) atoms. The van der Waals surface area contributed by atoms with Crippen LogP contribution in [0.1, 0.15) is 6.42 Å². The first-order valence-electron chi connectivity index (χ1n) is 8.36. The Morgan fingerprint density at radius 2 is 2.00 bits per heavy atom. The van der Waals surface area contributed by atoms with Crippen LogP contribution in [0.2, 0.25) is 0 Å². The van der Waals surface area contributed by atoms with Crippen LogP contribution in [0.5, 0.6) is 0 Å². The topological polar surface area (TPSA) is 86.4 Å². The molecule has 3 N–H and O–H groups in total. The zero-order valence-corrected chi connectivity index (χ0v) is 15.7. The Balaban J connectivity index is 1.39. The lowest BCUT2D eigenvalue weighted by molar-refractivity contribution is -0.120. The Hall–Kier alpha value is -2.61. The van der Waals surface area contributed by atoms with Crippen molar-refractivity contribution in [2.24, 2.45) is 0 Å². The third-order valence-electron chi connectivity index (χ3n) is 4.04. The first kappa shape index (κ1) is 18.2. The van der Waals surface area contributed by atoms with E-state index in [1.54, 1.807) is 18.3 Å². The average Bonchev–Trinajstić information content (AvgIpc) is 3.11. The van der Waals surface area contributed by atoms with Gasteiger partial charge in [-0.2, -0.15) is 0 Å². The summed E-state index contributed by atoms with van der Waals surface area (Å²) in [5.74, 6) is 0.708. The molecule has 0 spiro atoms. The molecule has 136 valence electrons. The second-order valence-corrected chi connectivity index (χ2v) is 6.92. The second-order valence-electron chi connectivity index (χ2n) is 6.00. The quantitative estimate of drug-likeness (QED) is 0.696. The van der Waals surface area contributed by atoms with E-state index in [1.165, 1.54) is 0 Å². The van der Waals surface area contributed by atoms with Crippen molar-refractivity contribution in [1.29, 1.82) is 0 Å². The molecule has 1 saturated heterocycles. The van der Waals surface area contributed by atoms with Gasteiger partial charge in [0.2, 0.25) is 5.91 Å².